The van der Waals surface area contributed by atoms with E-state index in [4.69, 9.17) is 14.7 Å². The van der Waals surface area contributed by atoms with Crippen molar-refractivity contribution in [2.75, 3.05) is 32.8 Å². The van der Waals surface area contributed by atoms with Gasteiger partial charge in [-0.05, 0) is 23.8 Å². The summed E-state index contributed by atoms with van der Waals surface area (Å²) in [6.45, 7) is 3.37. The van der Waals surface area contributed by atoms with E-state index in [2.05, 4.69) is 17.0 Å². The number of esters is 1. The largest absolute Gasteiger partial charge is 0.452 e. The minimum Gasteiger partial charge on any atom is -0.452 e. The second-order valence-electron chi connectivity index (χ2n) is 10.1. The van der Waals surface area contributed by atoms with Gasteiger partial charge in [-0.2, -0.15) is 0 Å². The molecule has 2 heterocycles. The fraction of sp³-hybridized carbons (Fsp3) is 0.176. The summed E-state index contributed by atoms with van der Waals surface area (Å²) in [5.41, 5.74) is 6.24. The van der Waals surface area contributed by atoms with Crippen LogP contribution < -0.4 is 0 Å². The smallest absolute Gasteiger partial charge is 0.338 e. The van der Waals surface area contributed by atoms with Crippen LogP contribution in [0.4, 0.5) is 0 Å². The topological polar surface area (TPSA) is 75.6 Å². The first-order valence-electron chi connectivity index (χ1n) is 13.8. The number of benzene rings is 4. The molecule has 0 unspecified atom stereocenters. The van der Waals surface area contributed by atoms with Crippen LogP contribution in [0.25, 0.3) is 33.5 Å². The first-order chi connectivity index (χ1) is 20.1. The van der Waals surface area contributed by atoms with Gasteiger partial charge in [-0.3, -0.25) is 9.69 Å². The molecule has 1 amide bonds. The van der Waals surface area contributed by atoms with Gasteiger partial charge in [0.15, 0.2) is 6.61 Å². The standard InChI is InChI=1S/C34H30N4O3/c39-31(38-20-18-37(19-21-38)23-25-10-4-1-5-11-25)24-41-34(40)28-16-17-29-30(22-28)36-33(27-14-8-3-9-15-27)32(35-29)26-12-6-2-7-13-26/h1-17,22H,18-21,23-24H2. The molecule has 7 nitrogen and oxygen atoms in total. The van der Waals surface area contributed by atoms with Crippen LogP contribution in [-0.2, 0) is 16.1 Å². The molecule has 5 aromatic rings. The second-order valence-corrected chi connectivity index (χ2v) is 10.1. The molecule has 0 radical (unpaired) electrons. The molecule has 1 saturated heterocycles. The molecule has 41 heavy (non-hydrogen) atoms. The Hall–Kier alpha value is -4.88. The van der Waals surface area contributed by atoms with Crippen molar-refractivity contribution in [1.29, 1.82) is 0 Å². The summed E-state index contributed by atoms with van der Waals surface area (Å²) in [4.78, 5) is 39.6. The normalized spacial score (nSPS) is 13.7. The van der Waals surface area contributed by atoms with E-state index in [0.717, 1.165) is 42.1 Å². The van der Waals surface area contributed by atoms with Crippen molar-refractivity contribution < 1.29 is 14.3 Å². The highest BCUT2D eigenvalue weighted by Gasteiger charge is 2.23. The average Bonchev–Trinajstić information content (AvgIpc) is 3.04. The third-order valence-electron chi connectivity index (χ3n) is 7.30. The molecule has 1 aliphatic rings. The van der Waals surface area contributed by atoms with Crippen molar-refractivity contribution in [3.63, 3.8) is 0 Å². The quantitative estimate of drug-likeness (QED) is 0.254. The number of amides is 1. The predicted octanol–water partition coefficient (Wildman–Crippen LogP) is 5.47. The SMILES string of the molecule is O=C(OCC(=O)N1CCN(Cc2ccccc2)CC1)c1ccc2nc(-c3ccccc3)c(-c3ccccc3)nc2c1. The summed E-state index contributed by atoms with van der Waals surface area (Å²) in [6, 6.07) is 35.2. The van der Waals surface area contributed by atoms with Gasteiger partial charge in [0.2, 0.25) is 0 Å². The van der Waals surface area contributed by atoms with Gasteiger partial charge in [-0.25, -0.2) is 14.8 Å². The molecule has 1 aromatic heterocycles. The number of aromatic nitrogens is 2. The predicted molar refractivity (Wildman–Crippen MR) is 159 cm³/mol. The fourth-order valence-corrected chi connectivity index (χ4v) is 5.07. The molecule has 0 spiro atoms. The first kappa shape index (κ1) is 26.3. The Balaban J connectivity index is 1.13. The highest BCUT2D eigenvalue weighted by atomic mass is 16.5. The van der Waals surface area contributed by atoms with Gasteiger partial charge < -0.3 is 9.64 Å². The lowest BCUT2D eigenvalue weighted by molar-refractivity contribution is -0.136. The number of piperazine rings is 1. The van der Waals surface area contributed by atoms with Gasteiger partial charge >= 0.3 is 5.97 Å². The van der Waals surface area contributed by atoms with Gasteiger partial charge in [-0.15, -0.1) is 0 Å². The number of hydrogen-bond acceptors (Lipinski definition) is 6. The minimum absolute atomic E-state index is 0.183. The maximum atomic E-state index is 12.9. The molecule has 7 heteroatoms. The number of carbonyl (C=O) groups excluding carboxylic acids is 2. The van der Waals surface area contributed by atoms with E-state index < -0.39 is 5.97 Å². The molecule has 0 aliphatic carbocycles. The third kappa shape index (κ3) is 6.15. The molecule has 0 bridgehead atoms. The van der Waals surface area contributed by atoms with Crippen molar-refractivity contribution in [3.8, 4) is 22.5 Å². The molecular weight excluding hydrogens is 512 g/mol. The molecule has 0 N–H and O–H groups in total. The zero-order valence-corrected chi connectivity index (χ0v) is 22.6. The van der Waals surface area contributed by atoms with Crippen molar-refractivity contribution >= 4 is 22.9 Å². The van der Waals surface area contributed by atoms with Crippen LogP contribution in [0.15, 0.2) is 109 Å². The summed E-state index contributed by atoms with van der Waals surface area (Å²) in [7, 11) is 0. The molecule has 0 atom stereocenters. The summed E-state index contributed by atoms with van der Waals surface area (Å²) in [5.74, 6) is -0.740. The molecule has 204 valence electrons. The molecule has 0 saturated carbocycles. The van der Waals surface area contributed by atoms with E-state index in [1.54, 1.807) is 23.1 Å². The van der Waals surface area contributed by atoms with Crippen LogP contribution in [0.1, 0.15) is 15.9 Å². The van der Waals surface area contributed by atoms with E-state index in [9.17, 15) is 9.59 Å². The van der Waals surface area contributed by atoms with Gasteiger partial charge in [0.1, 0.15) is 0 Å². The van der Waals surface area contributed by atoms with Crippen LogP contribution in [0.3, 0.4) is 0 Å². The van der Waals surface area contributed by atoms with Crippen molar-refractivity contribution in [2.24, 2.45) is 0 Å². The zero-order valence-electron chi connectivity index (χ0n) is 22.6. The lowest BCUT2D eigenvalue weighted by Gasteiger charge is -2.34. The fourth-order valence-electron chi connectivity index (χ4n) is 5.07. The Morgan fingerprint density at radius 3 is 1.83 bits per heavy atom. The van der Waals surface area contributed by atoms with E-state index in [1.165, 1.54) is 5.56 Å². The molecular formula is C34H30N4O3. The van der Waals surface area contributed by atoms with Crippen molar-refractivity contribution in [1.82, 2.24) is 19.8 Å². The molecule has 1 fully saturated rings. The molecule has 4 aromatic carbocycles. The lowest BCUT2D eigenvalue weighted by Crippen LogP contribution is -2.49. The number of carbonyl (C=O) groups is 2. The summed E-state index contributed by atoms with van der Waals surface area (Å²) < 4.78 is 5.43. The van der Waals surface area contributed by atoms with Crippen molar-refractivity contribution in [3.05, 3.63) is 120 Å². The number of nitrogens with zero attached hydrogens (tertiary/aromatic N) is 4. The van der Waals surface area contributed by atoms with Crippen LogP contribution >= 0.6 is 0 Å². The highest BCUT2D eigenvalue weighted by Crippen LogP contribution is 2.31. The van der Waals surface area contributed by atoms with E-state index in [-0.39, 0.29) is 12.5 Å². The summed E-state index contributed by atoms with van der Waals surface area (Å²) in [5, 5.41) is 0. The molecule has 6 rings (SSSR count). The zero-order chi connectivity index (χ0) is 28.0. The van der Waals surface area contributed by atoms with Gasteiger partial charge in [-0.1, -0.05) is 91.0 Å². The Kier molecular flexibility index (Phi) is 7.78. The van der Waals surface area contributed by atoms with Crippen molar-refractivity contribution in [2.45, 2.75) is 6.54 Å². The minimum atomic E-state index is -0.557. The number of fused-ring (bicyclic) bond motifs is 1. The van der Waals surface area contributed by atoms with E-state index in [1.807, 2.05) is 78.9 Å². The maximum Gasteiger partial charge on any atom is 0.338 e. The average molecular weight is 543 g/mol. The number of ether oxygens (including phenoxy) is 1. The number of hydrogen-bond donors (Lipinski definition) is 0. The molecule has 1 aliphatic heterocycles. The highest BCUT2D eigenvalue weighted by molar-refractivity contribution is 5.96. The van der Waals surface area contributed by atoms with Gasteiger partial charge in [0, 0.05) is 43.9 Å². The Morgan fingerprint density at radius 2 is 1.22 bits per heavy atom. The summed E-state index contributed by atoms with van der Waals surface area (Å²) in [6.07, 6.45) is 0. The van der Waals surface area contributed by atoms with Gasteiger partial charge in [0.05, 0.1) is 28.0 Å². The van der Waals surface area contributed by atoms with Crippen LogP contribution in [-0.4, -0.2) is 64.4 Å². The Bertz CT molecular complexity index is 1650. The second kappa shape index (κ2) is 12.1. The number of rotatable bonds is 7. The maximum absolute atomic E-state index is 12.9. The van der Waals surface area contributed by atoms with E-state index in [0.29, 0.717) is 29.7 Å². The van der Waals surface area contributed by atoms with Gasteiger partial charge in [0.25, 0.3) is 5.91 Å². The Morgan fingerprint density at radius 1 is 0.659 bits per heavy atom. The van der Waals surface area contributed by atoms with Crippen LogP contribution in [0, 0.1) is 0 Å². The first-order valence-corrected chi connectivity index (χ1v) is 13.8. The van der Waals surface area contributed by atoms with Crippen LogP contribution in [0.2, 0.25) is 0 Å². The van der Waals surface area contributed by atoms with Crippen LogP contribution in [0.5, 0.6) is 0 Å². The lowest BCUT2D eigenvalue weighted by atomic mass is 10.0. The summed E-state index contributed by atoms with van der Waals surface area (Å²) >= 11 is 0. The monoisotopic (exact) mass is 542 g/mol. The Labute approximate surface area is 239 Å². The van der Waals surface area contributed by atoms with E-state index >= 15 is 0 Å². The third-order valence-corrected chi connectivity index (χ3v) is 7.30.